The second-order valence-corrected chi connectivity index (χ2v) is 6.16. The van der Waals surface area contributed by atoms with Gasteiger partial charge in [0, 0.05) is 18.8 Å². The highest BCUT2D eigenvalue weighted by Gasteiger charge is 2.25. The molecule has 0 saturated carbocycles. The Balaban J connectivity index is 3.25. The van der Waals surface area contributed by atoms with E-state index in [9.17, 15) is 8.42 Å². The molecular formula is C12H17ClN2O2S. The second kappa shape index (κ2) is 6.22. The zero-order valence-corrected chi connectivity index (χ0v) is 11.8. The Morgan fingerprint density at radius 3 is 2.72 bits per heavy atom. The molecule has 100 valence electrons. The number of benzene rings is 1. The number of anilines is 1. The first-order valence-electron chi connectivity index (χ1n) is 5.59. The molecule has 1 aromatic carbocycles. The molecule has 0 bridgehead atoms. The smallest absolute Gasteiger partial charge is 0.244 e. The van der Waals surface area contributed by atoms with E-state index in [0.29, 0.717) is 18.7 Å². The maximum absolute atomic E-state index is 12.4. The fraction of sp³-hybridized carbons (Fsp3) is 0.333. The fourth-order valence-electron chi connectivity index (χ4n) is 1.56. The summed E-state index contributed by atoms with van der Waals surface area (Å²) in [6, 6.07) is 4.43. The number of sulfonamides is 1. The van der Waals surface area contributed by atoms with E-state index in [1.807, 2.05) is 6.92 Å². The van der Waals surface area contributed by atoms with Gasteiger partial charge in [-0.2, -0.15) is 4.31 Å². The number of hydrogen-bond donors (Lipinski definition) is 1. The van der Waals surface area contributed by atoms with Gasteiger partial charge in [0.05, 0.1) is 5.02 Å². The van der Waals surface area contributed by atoms with E-state index >= 15 is 0 Å². The first kappa shape index (κ1) is 15.0. The van der Waals surface area contributed by atoms with Gasteiger partial charge in [0.2, 0.25) is 10.0 Å². The lowest BCUT2D eigenvalue weighted by Gasteiger charge is -2.20. The Morgan fingerprint density at radius 1 is 1.50 bits per heavy atom. The number of nitrogens with two attached hydrogens (primary N) is 1. The summed E-state index contributed by atoms with van der Waals surface area (Å²) in [4.78, 5) is 0.0412. The summed E-state index contributed by atoms with van der Waals surface area (Å²) in [6.45, 7) is 6.14. The molecule has 0 fully saturated rings. The Hall–Kier alpha value is -1.04. The molecule has 0 radical (unpaired) electrons. The van der Waals surface area contributed by atoms with E-state index in [4.69, 9.17) is 17.3 Å². The molecule has 0 aromatic heterocycles. The zero-order valence-electron chi connectivity index (χ0n) is 10.3. The SMILES string of the molecule is C=CCN(CCC)S(=O)(=O)c1cc(N)ccc1Cl. The van der Waals surface area contributed by atoms with Crippen LogP contribution in [0.2, 0.25) is 5.02 Å². The van der Waals surface area contributed by atoms with Crippen LogP contribution in [0.15, 0.2) is 35.7 Å². The van der Waals surface area contributed by atoms with Gasteiger partial charge >= 0.3 is 0 Å². The molecule has 0 aliphatic carbocycles. The summed E-state index contributed by atoms with van der Waals surface area (Å²) in [7, 11) is -3.63. The molecule has 4 nitrogen and oxygen atoms in total. The van der Waals surface area contributed by atoms with Crippen molar-refractivity contribution in [2.75, 3.05) is 18.8 Å². The van der Waals surface area contributed by atoms with Crippen LogP contribution in [0.25, 0.3) is 0 Å². The highest BCUT2D eigenvalue weighted by Crippen LogP contribution is 2.26. The van der Waals surface area contributed by atoms with Crippen molar-refractivity contribution < 1.29 is 8.42 Å². The third kappa shape index (κ3) is 3.25. The van der Waals surface area contributed by atoms with Crippen LogP contribution in [0.4, 0.5) is 5.69 Å². The third-order valence-corrected chi connectivity index (χ3v) is 4.73. The van der Waals surface area contributed by atoms with E-state index in [1.165, 1.54) is 16.4 Å². The van der Waals surface area contributed by atoms with E-state index in [2.05, 4.69) is 6.58 Å². The molecule has 1 rings (SSSR count). The molecule has 0 aliphatic heterocycles. The number of nitrogen functional groups attached to an aromatic ring is 1. The van der Waals surface area contributed by atoms with E-state index < -0.39 is 10.0 Å². The van der Waals surface area contributed by atoms with Crippen LogP contribution in [0.3, 0.4) is 0 Å². The second-order valence-electron chi connectivity index (χ2n) is 3.84. The number of halogens is 1. The van der Waals surface area contributed by atoms with Gasteiger partial charge in [-0.05, 0) is 24.6 Å². The van der Waals surface area contributed by atoms with Gasteiger partial charge in [0.25, 0.3) is 0 Å². The predicted molar refractivity (Wildman–Crippen MR) is 75.1 cm³/mol. The predicted octanol–water partition coefficient (Wildman–Crippen LogP) is 2.51. The maximum atomic E-state index is 12.4. The summed E-state index contributed by atoms with van der Waals surface area (Å²) in [5.74, 6) is 0. The van der Waals surface area contributed by atoms with E-state index in [-0.39, 0.29) is 16.5 Å². The largest absolute Gasteiger partial charge is 0.399 e. The van der Waals surface area contributed by atoms with Gasteiger partial charge in [-0.15, -0.1) is 6.58 Å². The Morgan fingerprint density at radius 2 is 2.17 bits per heavy atom. The van der Waals surface area contributed by atoms with Crippen LogP contribution >= 0.6 is 11.6 Å². The minimum atomic E-state index is -3.63. The number of nitrogens with zero attached hydrogens (tertiary/aromatic N) is 1. The monoisotopic (exact) mass is 288 g/mol. The minimum absolute atomic E-state index is 0.0412. The standard InChI is InChI=1S/C12H17ClN2O2S/c1-3-7-15(8-4-2)18(16,17)12-9-10(14)5-6-11(12)13/h3,5-6,9H,1,4,7-8,14H2,2H3. The number of rotatable bonds is 6. The molecule has 0 amide bonds. The Kier molecular flexibility index (Phi) is 5.19. The Labute approximate surface area is 113 Å². The average Bonchev–Trinajstić information content (AvgIpc) is 2.32. The highest BCUT2D eigenvalue weighted by atomic mass is 35.5. The van der Waals surface area contributed by atoms with Crippen molar-refractivity contribution in [1.82, 2.24) is 4.31 Å². The van der Waals surface area contributed by atoms with Crippen LogP contribution in [-0.4, -0.2) is 25.8 Å². The zero-order chi connectivity index (χ0) is 13.8. The van der Waals surface area contributed by atoms with Crippen LogP contribution < -0.4 is 5.73 Å². The topological polar surface area (TPSA) is 63.4 Å². The quantitative estimate of drug-likeness (QED) is 0.646. The van der Waals surface area contributed by atoms with Gasteiger partial charge in [0.1, 0.15) is 4.90 Å². The van der Waals surface area contributed by atoms with E-state index in [1.54, 1.807) is 12.1 Å². The van der Waals surface area contributed by atoms with Crippen molar-refractivity contribution in [2.45, 2.75) is 18.2 Å². The summed E-state index contributed by atoms with van der Waals surface area (Å²) >= 11 is 5.94. The van der Waals surface area contributed by atoms with Crippen LogP contribution in [0.1, 0.15) is 13.3 Å². The molecule has 0 spiro atoms. The lowest BCUT2D eigenvalue weighted by Crippen LogP contribution is -2.32. The van der Waals surface area contributed by atoms with Crippen molar-refractivity contribution in [2.24, 2.45) is 0 Å². The highest BCUT2D eigenvalue weighted by molar-refractivity contribution is 7.89. The van der Waals surface area contributed by atoms with Crippen molar-refractivity contribution in [3.8, 4) is 0 Å². The van der Waals surface area contributed by atoms with Gasteiger partial charge in [-0.3, -0.25) is 0 Å². The Bertz CT molecular complexity index is 529. The first-order valence-corrected chi connectivity index (χ1v) is 7.41. The molecule has 0 saturated heterocycles. The number of hydrogen-bond acceptors (Lipinski definition) is 3. The molecule has 0 unspecified atom stereocenters. The summed E-state index contributed by atoms with van der Waals surface area (Å²) in [6.07, 6.45) is 2.26. The maximum Gasteiger partial charge on any atom is 0.244 e. The molecule has 6 heteroatoms. The van der Waals surface area contributed by atoms with Crippen molar-refractivity contribution in [1.29, 1.82) is 0 Å². The van der Waals surface area contributed by atoms with Crippen LogP contribution in [0.5, 0.6) is 0 Å². The van der Waals surface area contributed by atoms with E-state index in [0.717, 1.165) is 0 Å². The lowest BCUT2D eigenvalue weighted by molar-refractivity contribution is 0.441. The molecule has 2 N–H and O–H groups in total. The van der Waals surface area contributed by atoms with Crippen molar-refractivity contribution in [3.05, 3.63) is 35.9 Å². The summed E-state index contributed by atoms with van der Waals surface area (Å²) in [5.41, 5.74) is 5.98. The van der Waals surface area contributed by atoms with Crippen molar-refractivity contribution >= 4 is 27.3 Å². The van der Waals surface area contributed by atoms with Crippen LogP contribution in [-0.2, 0) is 10.0 Å². The van der Waals surface area contributed by atoms with Crippen LogP contribution in [0, 0.1) is 0 Å². The van der Waals surface area contributed by atoms with Gasteiger partial charge < -0.3 is 5.73 Å². The lowest BCUT2D eigenvalue weighted by atomic mass is 10.3. The molecule has 0 atom stereocenters. The van der Waals surface area contributed by atoms with Gasteiger partial charge in [-0.25, -0.2) is 8.42 Å². The summed E-state index contributed by atoms with van der Waals surface area (Å²) in [5, 5.41) is 0.175. The molecule has 0 heterocycles. The average molecular weight is 289 g/mol. The first-order chi connectivity index (χ1) is 8.43. The van der Waals surface area contributed by atoms with Gasteiger partial charge in [-0.1, -0.05) is 24.6 Å². The molecule has 1 aromatic rings. The summed E-state index contributed by atoms with van der Waals surface area (Å²) < 4.78 is 26.2. The minimum Gasteiger partial charge on any atom is -0.399 e. The van der Waals surface area contributed by atoms with Gasteiger partial charge in [0.15, 0.2) is 0 Å². The normalized spacial score (nSPS) is 11.7. The fourth-order valence-corrected chi connectivity index (χ4v) is 3.57. The molecule has 0 aliphatic rings. The molecule has 18 heavy (non-hydrogen) atoms. The molecular weight excluding hydrogens is 272 g/mol. The third-order valence-electron chi connectivity index (χ3n) is 2.38. The van der Waals surface area contributed by atoms with Crippen molar-refractivity contribution in [3.63, 3.8) is 0 Å².